The second kappa shape index (κ2) is 4.70. The molecule has 0 saturated carbocycles. The minimum absolute atomic E-state index is 1.08. The van der Waals surface area contributed by atoms with Gasteiger partial charge in [0.05, 0.1) is 0 Å². The molecule has 1 N–H and O–H groups in total. The SMILES string of the molecule is C/C=C\c1[nH]c(C)cc1/C=C\CC. The van der Waals surface area contributed by atoms with Gasteiger partial charge in [0.25, 0.3) is 0 Å². The molecule has 1 nitrogen and oxygen atoms in total. The molecule has 0 aromatic carbocycles. The molecular formula is C12H17N. The fourth-order valence-corrected chi connectivity index (χ4v) is 1.32. The molecule has 0 atom stereocenters. The first kappa shape index (κ1) is 9.85. The lowest BCUT2D eigenvalue weighted by Crippen LogP contribution is -1.74. The predicted octanol–water partition coefficient (Wildman–Crippen LogP) is 3.78. The molecule has 0 radical (unpaired) electrons. The van der Waals surface area contributed by atoms with E-state index in [1.807, 2.05) is 6.92 Å². The van der Waals surface area contributed by atoms with Gasteiger partial charge in [-0.15, -0.1) is 0 Å². The number of aromatic amines is 1. The van der Waals surface area contributed by atoms with Crippen molar-refractivity contribution in [3.05, 3.63) is 35.2 Å². The first-order valence-corrected chi connectivity index (χ1v) is 4.76. The highest BCUT2D eigenvalue weighted by atomic mass is 14.7. The van der Waals surface area contributed by atoms with E-state index >= 15 is 0 Å². The molecule has 70 valence electrons. The van der Waals surface area contributed by atoms with Crippen LogP contribution in [-0.4, -0.2) is 4.98 Å². The third kappa shape index (κ3) is 2.62. The molecule has 0 amide bonds. The van der Waals surface area contributed by atoms with Gasteiger partial charge in [-0.05, 0) is 38.0 Å². The maximum atomic E-state index is 3.32. The van der Waals surface area contributed by atoms with E-state index in [4.69, 9.17) is 0 Å². The minimum Gasteiger partial charge on any atom is -0.359 e. The first-order valence-electron chi connectivity index (χ1n) is 4.76. The number of H-pyrrole nitrogens is 1. The Morgan fingerprint density at radius 3 is 2.77 bits per heavy atom. The highest BCUT2D eigenvalue weighted by Crippen LogP contribution is 2.14. The van der Waals surface area contributed by atoms with Crippen molar-refractivity contribution in [2.24, 2.45) is 0 Å². The number of allylic oxidation sites excluding steroid dienone is 2. The Balaban J connectivity index is 2.97. The van der Waals surface area contributed by atoms with Crippen LogP contribution in [0.25, 0.3) is 12.2 Å². The maximum absolute atomic E-state index is 3.32. The fourth-order valence-electron chi connectivity index (χ4n) is 1.32. The zero-order chi connectivity index (χ0) is 9.68. The number of hydrogen-bond acceptors (Lipinski definition) is 0. The van der Waals surface area contributed by atoms with Crippen molar-refractivity contribution in [2.75, 3.05) is 0 Å². The molecule has 0 aliphatic heterocycles. The highest BCUT2D eigenvalue weighted by Gasteiger charge is 1.98. The van der Waals surface area contributed by atoms with Crippen LogP contribution in [0.15, 0.2) is 18.2 Å². The predicted molar refractivity (Wildman–Crippen MR) is 59.6 cm³/mol. The van der Waals surface area contributed by atoms with E-state index in [9.17, 15) is 0 Å². The Labute approximate surface area is 80.2 Å². The van der Waals surface area contributed by atoms with E-state index in [1.54, 1.807) is 0 Å². The van der Waals surface area contributed by atoms with Gasteiger partial charge in [-0.25, -0.2) is 0 Å². The Morgan fingerprint density at radius 2 is 2.15 bits per heavy atom. The summed E-state index contributed by atoms with van der Waals surface area (Å²) in [6, 6.07) is 2.17. The van der Waals surface area contributed by atoms with E-state index in [-0.39, 0.29) is 0 Å². The highest BCUT2D eigenvalue weighted by molar-refractivity contribution is 5.63. The van der Waals surface area contributed by atoms with Gasteiger partial charge < -0.3 is 4.98 Å². The van der Waals surface area contributed by atoms with Crippen molar-refractivity contribution in [1.29, 1.82) is 0 Å². The average Bonchev–Trinajstić information content (AvgIpc) is 2.44. The third-order valence-corrected chi connectivity index (χ3v) is 1.88. The van der Waals surface area contributed by atoms with Crippen LogP contribution in [0.4, 0.5) is 0 Å². The van der Waals surface area contributed by atoms with Crippen molar-refractivity contribution < 1.29 is 0 Å². The van der Waals surface area contributed by atoms with Gasteiger partial charge in [0, 0.05) is 11.4 Å². The molecule has 13 heavy (non-hydrogen) atoms. The van der Waals surface area contributed by atoms with Gasteiger partial charge >= 0.3 is 0 Å². The molecule has 0 aliphatic carbocycles. The van der Waals surface area contributed by atoms with Gasteiger partial charge in [0.1, 0.15) is 0 Å². The Bertz CT molecular complexity index is 316. The third-order valence-electron chi connectivity index (χ3n) is 1.88. The summed E-state index contributed by atoms with van der Waals surface area (Å²) in [5, 5.41) is 0. The van der Waals surface area contributed by atoms with E-state index in [2.05, 4.69) is 49.2 Å². The molecule has 1 rings (SSSR count). The molecule has 1 aromatic heterocycles. The van der Waals surface area contributed by atoms with E-state index < -0.39 is 0 Å². The van der Waals surface area contributed by atoms with Crippen molar-refractivity contribution >= 4 is 12.2 Å². The fraction of sp³-hybridized carbons (Fsp3) is 0.333. The monoisotopic (exact) mass is 175 g/mol. The Kier molecular flexibility index (Phi) is 3.56. The number of aryl methyl sites for hydroxylation is 1. The summed E-state index contributed by atoms with van der Waals surface area (Å²) in [4.78, 5) is 3.32. The largest absolute Gasteiger partial charge is 0.359 e. The lowest BCUT2D eigenvalue weighted by molar-refractivity contribution is 1.23. The van der Waals surface area contributed by atoms with Crippen LogP contribution in [0.5, 0.6) is 0 Å². The summed E-state index contributed by atoms with van der Waals surface area (Å²) in [5.74, 6) is 0. The van der Waals surface area contributed by atoms with Crippen LogP contribution in [0, 0.1) is 6.92 Å². The molecule has 0 aliphatic rings. The first-order chi connectivity index (χ1) is 6.27. The van der Waals surface area contributed by atoms with Gasteiger partial charge in [-0.1, -0.05) is 25.2 Å². The number of rotatable bonds is 3. The molecule has 0 unspecified atom stereocenters. The van der Waals surface area contributed by atoms with Gasteiger partial charge in [0.15, 0.2) is 0 Å². The summed E-state index contributed by atoms with van der Waals surface area (Å²) in [5.41, 5.74) is 3.69. The lowest BCUT2D eigenvalue weighted by atomic mass is 10.2. The lowest BCUT2D eigenvalue weighted by Gasteiger charge is -1.90. The van der Waals surface area contributed by atoms with Crippen molar-refractivity contribution in [1.82, 2.24) is 4.98 Å². The zero-order valence-corrected chi connectivity index (χ0v) is 8.59. The smallest absolute Gasteiger partial charge is 0.0452 e. The molecule has 0 saturated heterocycles. The summed E-state index contributed by atoms with van der Waals surface area (Å²) in [6.07, 6.45) is 9.57. The number of aromatic nitrogens is 1. The van der Waals surface area contributed by atoms with E-state index in [1.165, 1.54) is 17.0 Å². The normalized spacial score (nSPS) is 11.9. The van der Waals surface area contributed by atoms with E-state index in [0.717, 1.165) is 6.42 Å². The van der Waals surface area contributed by atoms with Crippen LogP contribution in [0.2, 0.25) is 0 Å². The van der Waals surface area contributed by atoms with Crippen LogP contribution in [0.1, 0.15) is 37.2 Å². The summed E-state index contributed by atoms with van der Waals surface area (Å²) < 4.78 is 0. The van der Waals surface area contributed by atoms with Crippen molar-refractivity contribution in [3.63, 3.8) is 0 Å². The molecule has 0 spiro atoms. The van der Waals surface area contributed by atoms with Gasteiger partial charge in [-0.3, -0.25) is 0 Å². The second-order valence-electron chi connectivity index (χ2n) is 3.13. The van der Waals surface area contributed by atoms with Crippen molar-refractivity contribution in [2.45, 2.75) is 27.2 Å². The molecular weight excluding hydrogens is 158 g/mol. The van der Waals surface area contributed by atoms with Gasteiger partial charge in [0.2, 0.25) is 0 Å². The molecule has 1 heterocycles. The van der Waals surface area contributed by atoms with Crippen LogP contribution in [-0.2, 0) is 0 Å². The summed E-state index contributed by atoms with van der Waals surface area (Å²) in [7, 11) is 0. The van der Waals surface area contributed by atoms with E-state index in [0.29, 0.717) is 0 Å². The molecule has 0 fully saturated rings. The van der Waals surface area contributed by atoms with Crippen molar-refractivity contribution in [3.8, 4) is 0 Å². The Hall–Kier alpha value is -1.24. The standard InChI is InChI=1S/C12H17N/c1-4-6-8-11-9-10(3)13-12(11)7-5-2/h5-9,13H,4H2,1-3H3/b7-5-,8-6-. The summed E-state index contributed by atoms with van der Waals surface area (Å²) >= 11 is 0. The summed E-state index contributed by atoms with van der Waals surface area (Å²) in [6.45, 7) is 6.26. The van der Waals surface area contributed by atoms with Crippen LogP contribution in [0.3, 0.4) is 0 Å². The van der Waals surface area contributed by atoms with Gasteiger partial charge in [-0.2, -0.15) is 0 Å². The average molecular weight is 175 g/mol. The minimum atomic E-state index is 1.08. The molecule has 0 bridgehead atoms. The Morgan fingerprint density at radius 1 is 1.38 bits per heavy atom. The maximum Gasteiger partial charge on any atom is 0.0452 e. The topological polar surface area (TPSA) is 15.8 Å². The van der Waals surface area contributed by atoms with Crippen LogP contribution < -0.4 is 0 Å². The van der Waals surface area contributed by atoms with Crippen LogP contribution >= 0.6 is 0 Å². The quantitative estimate of drug-likeness (QED) is 0.719. The zero-order valence-electron chi connectivity index (χ0n) is 8.59. The second-order valence-corrected chi connectivity index (χ2v) is 3.13. The number of nitrogens with one attached hydrogen (secondary N) is 1. The molecule has 1 aromatic rings. The molecule has 1 heteroatoms. The number of hydrogen-bond donors (Lipinski definition) is 1.